The predicted molar refractivity (Wildman–Crippen MR) is 125 cm³/mol. The molecule has 1 aliphatic rings. The van der Waals surface area contributed by atoms with Crippen molar-refractivity contribution in [1.82, 2.24) is 4.57 Å². The van der Waals surface area contributed by atoms with Gasteiger partial charge in [0.25, 0.3) is 5.56 Å². The van der Waals surface area contributed by atoms with E-state index < -0.39 is 18.0 Å². The summed E-state index contributed by atoms with van der Waals surface area (Å²) in [6, 6.07) is 15.5. The Balaban J connectivity index is 1.87. The molecule has 0 radical (unpaired) electrons. The summed E-state index contributed by atoms with van der Waals surface area (Å²) in [5.74, 6) is -0.911. The number of allylic oxidation sites excluding steroid dienone is 1. The number of hydrogen-bond donors (Lipinski definition) is 0. The van der Waals surface area contributed by atoms with E-state index in [-0.39, 0.29) is 12.2 Å². The van der Waals surface area contributed by atoms with E-state index in [1.807, 2.05) is 30.3 Å². The molecule has 0 fully saturated rings. The molecule has 0 saturated heterocycles. The van der Waals surface area contributed by atoms with E-state index in [4.69, 9.17) is 9.47 Å². The summed E-state index contributed by atoms with van der Waals surface area (Å²) in [6.07, 6.45) is 1.75. The number of benzene rings is 2. The van der Waals surface area contributed by atoms with E-state index in [1.54, 1.807) is 48.8 Å². The minimum Gasteiger partial charge on any atom is -0.465 e. The molecule has 7 nitrogen and oxygen atoms in total. The fourth-order valence-corrected chi connectivity index (χ4v) is 4.77. The molecule has 33 heavy (non-hydrogen) atoms. The van der Waals surface area contributed by atoms with Gasteiger partial charge in [-0.15, -0.1) is 0 Å². The number of rotatable bonds is 5. The highest BCUT2D eigenvalue weighted by molar-refractivity contribution is 7.07. The van der Waals surface area contributed by atoms with Crippen molar-refractivity contribution < 1.29 is 19.1 Å². The Morgan fingerprint density at radius 3 is 2.42 bits per heavy atom. The molecule has 0 saturated carbocycles. The molecular weight excluding hydrogens is 440 g/mol. The first kappa shape index (κ1) is 22.4. The summed E-state index contributed by atoms with van der Waals surface area (Å²) in [7, 11) is 1.33. The van der Waals surface area contributed by atoms with Gasteiger partial charge in [-0.1, -0.05) is 53.8 Å². The van der Waals surface area contributed by atoms with Crippen LogP contribution < -0.4 is 14.9 Å². The highest BCUT2D eigenvalue weighted by Crippen LogP contribution is 2.30. The molecule has 0 aliphatic carbocycles. The van der Waals surface area contributed by atoms with Gasteiger partial charge in [0.15, 0.2) is 4.80 Å². The Hall–Kier alpha value is -3.78. The number of fused-ring (bicyclic) bond motifs is 1. The summed E-state index contributed by atoms with van der Waals surface area (Å²) in [6.45, 7) is 3.72. The summed E-state index contributed by atoms with van der Waals surface area (Å²) in [4.78, 5) is 43.0. The largest absolute Gasteiger partial charge is 0.465 e. The van der Waals surface area contributed by atoms with Crippen LogP contribution in [0.25, 0.3) is 6.08 Å². The topological polar surface area (TPSA) is 87.0 Å². The second-order valence-electron chi connectivity index (χ2n) is 7.33. The van der Waals surface area contributed by atoms with Crippen LogP contribution >= 0.6 is 11.3 Å². The lowest BCUT2D eigenvalue weighted by atomic mass is 9.96. The van der Waals surface area contributed by atoms with Crippen LogP contribution in [0.3, 0.4) is 0 Å². The van der Waals surface area contributed by atoms with E-state index in [9.17, 15) is 14.4 Å². The Kier molecular flexibility index (Phi) is 6.37. The molecule has 0 spiro atoms. The Morgan fingerprint density at radius 2 is 1.79 bits per heavy atom. The van der Waals surface area contributed by atoms with E-state index in [2.05, 4.69) is 4.99 Å². The molecule has 8 heteroatoms. The number of hydrogen-bond acceptors (Lipinski definition) is 7. The number of nitrogens with zero attached hydrogens (tertiary/aromatic N) is 2. The number of carbonyl (C=O) groups excluding carboxylic acids is 2. The fraction of sp³-hybridized carbons (Fsp3) is 0.200. The summed E-state index contributed by atoms with van der Waals surface area (Å²) >= 11 is 1.25. The van der Waals surface area contributed by atoms with Crippen molar-refractivity contribution in [2.75, 3.05) is 13.7 Å². The maximum Gasteiger partial charge on any atom is 0.338 e. The maximum atomic E-state index is 13.5. The number of thiazole rings is 1. The molecule has 1 atom stereocenters. The Labute approximate surface area is 193 Å². The minimum atomic E-state index is -0.634. The lowest BCUT2D eigenvalue weighted by Crippen LogP contribution is -2.39. The first-order valence-electron chi connectivity index (χ1n) is 10.4. The van der Waals surface area contributed by atoms with Crippen LogP contribution in [-0.4, -0.2) is 30.2 Å². The highest BCUT2D eigenvalue weighted by atomic mass is 32.1. The molecule has 1 unspecified atom stereocenters. The molecule has 2 heterocycles. The number of carbonyl (C=O) groups is 2. The van der Waals surface area contributed by atoms with E-state index in [0.717, 1.165) is 11.1 Å². The molecule has 1 aliphatic heterocycles. The zero-order chi connectivity index (χ0) is 23.5. The van der Waals surface area contributed by atoms with Gasteiger partial charge in [0.1, 0.15) is 0 Å². The van der Waals surface area contributed by atoms with Gasteiger partial charge < -0.3 is 9.47 Å². The maximum absolute atomic E-state index is 13.5. The number of esters is 2. The highest BCUT2D eigenvalue weighted by Gasteiger charge is 2.33. The Bertz CT molecular complexity index is 1420. The third-order valence-electron chi connectivity index (χ3n) is 5.26. The molecule has 0 amide bonds. The van der Waals surface area contributed by atoms with Crippen LogP contribution in [-0.2, 0) is 14.3 Å². The van der Waals surface area contributed by atoms with Crippen molar-refractivity contribution in [3.63, 3.8) is 0 Å². The predicted octanol–water partition coefficient (Wildman–Crippen LogP) is 2.58. The molecule has 168 valence electrons. The second kappa shape index (κ2) is 9.38. The summed E-state index contributed by atoms with van der Waals surface area (Å²) in [5, 5.41) is 0. The van der Waals surface area contributed by atoms with E-state index in [0.29, 0.717) is 26.2 Å². The SMILES string of the molecule is CCOC(=O)C1=C(C)N=c2sc(=Cc3ccc(C(=O)OC)cc3)c(=O)n2C1c1ccccc1. The zero-order valence-electron chi connectivity index (χ0n) is 18.4. The van der Waals surface area contributed by atoms with Gasteiger partial charge >= 0.3 is 11.9 Å². The minimum absolute atomic E-state index is 0.225. The number of methoxy groups -OCH3 is 1. The number of aromatic nitrogens is 1. The van der Waals surface area contributed by atoms with Crippen LogP contribution in [0.4, 0.5) is 0 Å². The van der Waals surface area contributed by atoms with E-state index in [1.165, 1.54) is 18.4 Å². The van der Waals surface area contributed by atoms with Crippen molar-refractivity contribution in [2.24, 2.45) is 4.99 Å². The van der Waals surface area contributed by atoms with Gasteiger partial charge in [0, 0.05) is 0 Å². The lowest BCUT2D eigenvalue weighted by Gasteiger charge is -2.24. The molecule has 0 bridgehead atoms. The van der Waals surface area contributed by atoms with Gasteiger partial charge in [0.05, 0.1) is 41.1 Å². The summed E-state index contributed by atoms with van der Waals surface area (Å²) in [5.41, 5.74) is 2.60. The van der Waals surface area contributed by atoms with Crippen LogP contribution in [0.1, 0.15) is 41.4 Å². The molecule has 2 aromatic carbocycles. The standard InChI is InChI=1S/C25H22N2O5S/c1-4-32-24(30)20-15(2)26-25-27(21(20)17-8-6-5-7-9-17)22(28)19(33-25)14-16-10-12-18(13-11-16)23(29)31-3/h5-14,21H,4H2,1-3H3. The Morgan fingerprint density at radius 1 is 1.09 bits per heavy atom. The van der Waals surface area contributed by atoms with Crippen LogP contribution in [0.5, 0.6) is 0 Å². The molecule has 4 rings (SSSR count). The van der Waals surface area contributed by atoms with Gasteiger partial charge in [-0.3, -0.25) is 9.36 Å². The first-order chi connectivity index (χ1) is 15.9. The van der Waals surface area contributed by atoms with Gasteiger partial charge in [-0.25, -0.2) is 14.6 Å². The third-order valence-corrected chi connectivity index (χ3v) is 6.24. The van der Waals surface area contributed by atoms with Crippen molar-refractivity contribution in [2.45, 2.75) is 19.9 Å². The molecule has 1 aromatic heterocycles. The second-order valence-corrected chi connectivity index (χ2v) is 8.34. The zero-order valence-corrected chi connectivity index (χ0v) is 19.2. The normalized spacial score (nSPS) is 15.6. The van der Waals surface area contributed by atoms with Crippen LogP contribution in [0, 0.1) is 0 Å². The van der Waals surface area contributed by atoms with E-state index >= 15 is 0 Å². The average molecular weight is 463 g/mol. The van der Waals surface area contributed by atoms with Gasteiger partial charge in [-0.05, 0) is 43.2 Å². The van der Waals surface area contributed by atoms with Gasteiger partial charge in [0.2, 0.25) is 0 Å². The third kappa shape index (κ3) is 4.29. The number of ether oxygens (including phenoxy) is 2. The summed E-state index contributed by atoms with van der Waals surface area (Å²) < 4.78 is 12.0. The van der Waals surface area contributed by atoms with Crippen molar-refractivity contribution in [1.29, 1.82) is 0 Å². The van der Waals surface area contributed by atoms with Crippen molar-refractivity contribution in [3.8, 4) is 0 Å². The van der Waals surface area contributed by atoms with Crippen LogP contribution in [0.15, 0.2) is 75.7 Å². The quantitative estimate of drug-likeness (QED) is 0.544. The van der Waals surface area contributed by atoms with Crippen molar-refractivity contribution >= 4 is 29.4 Å². The van der Waals surface area contributed by atoms with Crippen LogP contribution in [0.2, 0.25) is 0 Å². The first-order valence-corrected chi connectivity index (χ1v) is 11.2. The van der Waals surface area contributed by atoms with Gasteiger partial charge in [-0.2, -0.15) is 0 Å². The fourth-order valence-electron chi connectivity index (χ4n) is 3.73. The monoisotopic (exact) mass is 462 g/mol. The molecule has 3 aromatic rings. The average Bonchev–Trinajstić information content (AvgIpc) is 3.13. The lowest BCUT2D eigenvalue weighted by molar-refractivity contribution is -0.139. The van der Waals surface area contributed by atoms with Crippen molar-refractivity contribution in [3.05, 3.63) is 102 Å². The molecule has 0 N–H and O–H groups in total. The molecular formula is C25H22N2O5S. The smallest absolute Gasteiger partial charge is 0.338 e.